The minimum Gasteiger partial charge on any atom is -0.493 e. The number of rotatable bonds is 8. The van der Waals surface area contributed by atoms with Crippen LogP contribution >= 0.6 is 0 Å². The van der Waals surface area contributed by atoms with Crippen LogP contribution in [0.2, 0.25) is 0 Å². The minimum absolute atomic E-state index is 0.130. The molecule has 1 N–H and O–H groups in total. The van der Waals surface area contributed by atoms with Crippen LogP contribution in [0.3, 0.4) is 0 Å². The van der Waals surface area contributed by atoms with E-state index in [9.17, 15) is 14.4 Å². The number of carbonyl (C=O) groups is 3. The number of amides is 4. The van der Waals surface area contributed by atoms with Crippen molar-refractivity contribution in [2.24, 2.45) is 4.99 Å². The van der Waals surface area contributed by atoms with Gasteiger partial charge in [-0.2, -0.15) is 14.3 Å². The Hall–Kier alpha value is -4.27. The number of ether oxygens (including phenoxy) is 2. The average Bonchev–Trinajstić information content (AvgIpc) is 2.89. The molecule has 0 radical (unpaired) electrons. The molecule has 36 heavy (non-hydrogen) atoms. The van der Waals surface area contributed by atoms with Gasteiger partial charge < -0.3 is 14.8 Å². The number of nitrogens with one attached hydrogen (secondary N) is 1. The zero-order valence-corrected chi connectivity index (χ0v) is 20.8. The van der Waals surface area contributed by atoms with Gasteiger partial charge in [0.1, 0.15) is 12.3 Å². The molecule has 4 amide bonds. The highest BCUT2D eigenvalue weighted by molar-refractivity contribution is 6.20. The van der Waals surface area contributed by atoms with E-state index < -0.39 is 18.0 Å². The molecule has 4 rings (SSSR count). The zero-order chi connectivity index (χ0) is 25.8. The third-order valence-electron chi connectivity index (χ3n) is 6.39. The van der Waals surface area contributed by atoms with Crippen LogP contribution in [0, 0.1) is 13.8 Å². The van der Waals surface area contributed by atoms with Crippen LogP contribution in [0.5, 0.6) is 11.5 Å². The highest BCUT2D eigenvalue weighted by Crippen LogP contribution is 2.28. The van der Waals surface area contributed by atoms with Crippen LogP contribution in [0.4, 0.5) is 10.5 Å². The summed E-state index contributed by atoms with van der Waals surface area (Å²) in [5.74, 6) is 0.381. The number of fused-ring (bicyclic) bond motifs is 1. The lowest BCUT2D eigenvalue weighted by atomic mass is 10.0. The molecule has 0 saturated heterocycles. The minimum atomic E-state index is -0.869. The second kappa shape index (κ2) is 10.6. The Morgan fingerprint density at radius 3 is 2.64 bits per heavy atom. The van der Waals surface area contributed by atoms with Crippen molar-refractivity contribution < 1.29 is 28.4 Å². The molecule has 2 aliphatic heterocycles. The molecule has 0 bridgehead atoms. The number of hydrogen-bond acceptors (Lipinski definition) is 6. The molecule has 1 atom stereocenters. The van der Waals surface area contributed by atoms with Gasteiger partial charge >= 0.3 is 11.9 Å². The molecule has 2 aromatic carbocycles. The summed E-state index contributed by atoms with van der Waals surface area (Å²) in [5.41, 5.74) is 3.95. The summed E-state index contributed by atoms with van der Waals surface area (Å²) in [4.78, 5) is 45.0. The lowest BCUT2D eigenvalue weighted by molar-refractivity contribution is -0.426. The summed E-state index contributed by atoms with van der Waals surface area (Å²) in [6.45, 7) is 3.78. The highest BCUT2D eigenvalue weighted by atomic mass is 16.5. The number of allylic oxidation sites excluding steroid dienone is 1. The maximum absolute atomic E-state index is 13.4. The Morgan fingerprint density at radius 2 is 1.89 bits per heavy atom. The molecule has 0 saturated carbocycles. The Labute approximate surface area is 209 Å². The van der Waals surface area contributed by atoms with Crippen molar-refractivity contribution >= 4 is 35.5 Å². The van der Waals surface area contributed by atoms with Crippen LogP contribution in [-0.4, -0.2) is 72.6 Å². The number of dihydropyridines is 1. The first kappa shape index (κ1) is 24.8. The smallest absolute Gasteiger partial charge is 0.493 e. The zero-order valence-electron chi connectivity index (χ0n) is 20.8. The fraction of sp³-hybridized carbons (Fsp3) is 0.296. The van der Waals surface area contributed by atoms with Crippen LogP contribution in [-0.2, 0) is 16.0 Å². The Kier molecular flexibility index (Phi) is 7.28. The number of carbonyl (C=O) groups excluding carboxylic acids is 3. The number of nitrogens with zero attached hydrogens (tertiary/aromatic N) is 3. The van der Waals surface area contributed by atoms with E-state index in [1.807, 2.05) is 44.2 Å². The summed E-state index contributed by atoms with van der Waals surface area (Å²) in [6, 6.07) is 9.67. The number of hydrogen-bond donors (Lipinski definition) is 1. The molecule has 0 aliphatic carbocycles. The first-order valence-corrected chi connectivity index (χ1v) is 11.6. The highest BCUT2D eigenvalue weighted by Gasteiger charge is 2.48. The van der Waals surface area contributed by atoms with Crippen molar-refractivity contribution in [1.29, 1.82) is 0 Å². The van der Waals surface area contributed by atoms with Crippen molar-refractivity contribution in [1.82, 2.24) is 4.90 Å². The summed E-state index contributed by atoms with van der Waals surface area (Å²) in [5, 5.41) is 2.88. The second-order valence-electron chi connectivity index (χ2n) is 8.58. The van der Waals surface area contributed by atoms with Gasteiger partial charge in [0, 0.05) is 18.3 Å². The van der Waals surface area contributed by atoms with Gasteiger partial charge in [0.25, 0.3) is 5.91 Å². The molecule has 2 aromatic rings. The van der Waals surface area contributed by atoms with Gasteiger partial charge in [-0.25, -0.2) is 4.79 Å². The number of methoxy groups -OCH3 is 2. The molecule has 0 aromatic heterocycles. The fourth-order valence-electron chi connectivity index (χ4n) is 4.23. The van der Waals surface area contributed by atoms with Crippen LogP contribution in [0.25, 0.3) is 0 Å². The average molecular weight is 490 g/mol. The predicted octanol–water partition coefficient (Wildman–Crippen LogP) is 2.93. The topological polar surface area (TPSA) is 100 Å². The van der Waals surface area contributed by atoms with Gasteiger partial charge in [-0.15, -0.1) is 0 Å². The van der Waals surface area contributed by atoms with E-state index in [-0.39, 0.29) is 19.0 Å². The maximum Gasteiger partial charge on any atom is 0.501 e. The molecule has 186 valence electrons. The van der Waals surface area contributed by atoms with E-state index in [4.69, 9.17) is 9.47 Å². The van der Waals surface area contributed by atoms with Gasteiger partial charge in [-0.1, -0.05) is 18.2 Å². The summed E-state index contributed by atoms with van der Waals surface area (Å²) >= 11 is 0. The molecule has 1 unspecified atom stereocenters. The molecular weight excluding hydrogens is 460 g/mol. The summed E-state index contributed by atoms with van der Waals surface area (Å²) < 4.78 is 12.0. The van der Waals surface area contributed by atoms with Gasteiger partial charge in [-0.3, -0.25) is 9.79 Å². The summed E-state index contributed by atoms with van der Waals surface area (Å²) in [6.07, 6.45) is 5.25. The predicted molar refractivity (Wildman–Crippen MR) is 136 cm³/mol. The van der Waals surface area contributed by atoms with Crippen molar-refractivity contribution in [2.75, 3.05) is 32.6 Å². The normalized spacial score (nSPS) is 16.8. The molecule has 0 spiro atoms. The van der Waals surface area contributed by atoms with Crippen molar-refractivity contribution in [3.05, 3.63) is 65.2 Å². The van der Waals surface area contributed by atoms with E-state index in [0.717, 1.165) is 21.6 Å². The van der Waals surface area contributed by atoms with Crippen LogP contribution < -0.4 is 14.8 Å². The number of imide groups is 1. The Morgan fingerprint density at radius 1 is 1.11 bits per heavy atom. The third kappa shape index (κ3) is 4.91. The van der Waals surface area contributed by atoms with E-state index in [1.54, 1.807) is 32.4 Å². The van der Waals surface area contributed by atoms with E-state index in [1.165, 1.54) is 10.8 Å². The largest absolute Gasteiger partial charge is 0.501 e. The van der Waals surface area contributed by atoms with Gasteiger partial charge in [0.15, 0.2) is 18.0 Å². The van der Waals surface area contributed by atoms with Gasteiger partial charge in [0.2, 0.25) is 6.04 Å². The monoisotopic (exact) mass is 489 g/mol. The quantitative estimate of drug-likeness (QED) is 0.575. The van der Waals surface area contributed by atoms with Crippen molar-refractivity contribution in [3.63, 3.8) is 0 Å². The number of anilines is 1. The SMILES string of the molecule is COc1ccc(CCN2C(=O)C3N=CC=CC3=[N+](CC(=O)Nc3cccc(C)c3C)C2=O)cc1OC. The van der Waals surface area contributed by atoms with Gasteiger partial charge in [-0.05, 0) is 60.9 Å². The molecule has 9 heteroatoms. The van der Waals surface area contributed by atoms with Crippen LogP contribution in [0.15, 0.2) is 53.5 Å². The van der Waals surface area contributed by atoms with E-state index in [2.05, 4.69) is 10.3 Å². The molecule has 2 aliphatic rings. The molecule has 9 nitrogen and oxygen atoms in total. The Bertz CT molecular complexity index is 1310. The first-order chi connectivity index (χ1) is 17.3. The van der Waals surface area contributed by atoms with Crippen LogP contribution in [0.1, 0.15) is 16.7 Å². The number of aliphatic imine (C=N–C) groups is 1. The summed E-state index contributed by atoms with van der Waals surface area (Å²) in [7, 11) is 3.10. The molecular formula is C27H29N4O5+. The van der Waals surface area contributed by atoms with Crippen molar-refractivity contribution in [2.45, 2.75) is 26.3 Å². The standard InChI is InChI=1S/C27H28N4O5/c1-17-7-5-8-20(18(17)2)29-24(32)16-31-21-9-6-13-28-25(21)26(33)30(27(31)34)14-12-19-10-11-22(35-3)23(15-19)36-4/h5-11,13,15,25H,12,14,16H2,1-4H3/p+1. The second-order valence-corrected chi connectivity index (χ2v) is 8.58. The van der Waals surface area contributed by atoms with E-state index in [0.29, 0.717) is 29.3 Å². The lowest BCUT2D eigenvalue weighted by Crippen LogP contribution is -2.58. The lowest BCUT2D eigenvalue weighted by Gasteiger charge is -2.26. The number of aryl methyl sites for hydroxylation is 1. The third-order valence-corrected chi connectivity index (χ3v) is 6.39. The van der Waals surface area contributed by atoms with Gasteiger partial charge in [0.05, 0.1) is 14.2 Å². The van der Waals surface area contributed by atoms with Crippen molar-refractivity contribution in [3.8, 4) is 11.5 Å². The number of benzene rings is 2. The number of urea groups is 1. The van der Waals surface area contributed by atoms with E-state index >= 15 is 0 Å². The molecule has 2 heterocycles. The first-order valence-electron chi connectivity index (χ1n) is 11.6. The maximum atomic E-state index is 13.4. The molecule has 0 fully saturated rings. The fourth-order valence-corrected chi connectivity index (χ4v) is 4.23. The Balaban J connectivity index is 1.55.